The molecule has 1 fully saturated rings. The first-order valence-corrected chi connectivity index (χ1v) is 6.64. The molecule has 1 N–H and O–H groups in total. The van der Waals surface area contributed by atoms with E-state index in [1.54, 1.807) is 7.11 Å². The zero-order chi connectivity index (χ0) is 12.1. The van der Waals surface area contributed by atoms with Crippen molar-refractivity contribution in [2.75, 3.05) is 13.7 Å². The number of hydrogen-bond acceptors (Lipinski definition) is 2. The van der Waals surface area contributed by atoms with Gasteiger partial charge in [-0.1, -0.05) is 30.7 Å². The zero-order valence-corrected chi connectivity index (χ0v) is 10.9. The van der Waals surface area contributed by atoms with Gasteiger partial charge in [0.2, 0.25) is 0 Å². The largest absolute Gasteiger partial charge is 0.381 e. The molecule has 17 heavy (non-hydrogen) atoms. The topological polar surface area (TPSA) is 21.3 Å². The van der Waals surface area contributed by atoms with Crippen LogP contribution in [0.3, 0.4) is 0 Å². The van der Waals surface area contributed by atoms with Gasteiger partial charge in [0.1, 0.15) is 0 Å². The van der Waals surface area contributed by atoms with E-state index in [-0.39, 0.29) is 0 Å². The van der Waals surface area contributed by atoms with Crippen molar-refractivity contribution in [3.63, 3.8) is 0 Å². The van der Waals surface area contributed by atoms with Crippen molar-refractivity contribution in [2.24, 2.45) is 0 Å². The van der Waals surface area contributed by atoms with Gasteiger partial charge in [0.05, 0.1) is 6.10 Å². The third kappa shape index (κ3) is 3.55. The first kappa shape index (κ1) is 12.6. The van der Waals surface area contributed by atoms with Gasteiger partial charge in [-0.15, -0.1) is 0 Å². The Hall–Kier alpha value is -0.860. The highest BCUT2D eigenvalue weighted by atomic mass is 16.5. The predicted octanol–water partition coefficient (Wildman–Crippen LogP) is 3.08. The highest BCUT2D eigenvalue weighted by Gasteiger charge is 2.14. The maximum Gasteiger partial charge on any atom is 0.0583 e. The third-order valence-corrected chi connectivity index (χ3v) is 3.59. The van der Waals surface area contributed by atoms with Gasteiger partial charge in [-0.05, 0) is 43.9 Å². The van der Waals surface area contributed by atoms with Gasteiger partial charge in [-0.2, -0.15) is 0 Å². The minimum atomic E-state index is 0.296. The molecule has 2 atom stereocenters. The lowest BCUT2D eigenvalue weighted by atomic mass is 9.95. The SMILES string of the molecule is COC(C)Cc1cccc(C2CCCCN2)c1. The van der Waals surface area contributed by atoms with E-state index in [1.807, 2.05) is 0 Å². The monoisotopic (exact) mass is 233 g/mol. The summed E-state index contributed by atoms with van der Waals surface area (Å²) in [6.07, 6.45) is 5.22. The first-order valence-electron chi connectivity index (χ1n) is 6.64. The number of methoxy groups -OCH3 is 1. The molecule has 1 aromatic rings. The Labute approximate surface area is 104 Å². The van der Waals surface area contributed by atoms with Crippen molar-refractivity contribution in [1.82, 2.24) is 5.32 Å². The molecular formula is C15H23NO. The molecule has 2 rings (SSSR count). The van der Waals surface area contributed by atoms with Crippen LogP contribution in [0.4, 0.5) is 0 Å². The molecule has 2 nitrogen and oxygen atoms in total. The van der Waals surface area contributed by atoms with E-state index in [9.17, 15) is 0 Å². The molecule has 0 spiro atoms. The summed E-state index contributed by atoms with van der Waals surface area (Å²) < 4.78 is 5.32. The maximum atomic E-state index is 5.32. The molecule has 0 amide bonds. The van der Waals surface area contributed by atoms with Crippen LogP contribution in [-0.2, 0) is 11.2 Å². The van der Waals surface area contributed by atoms with Crippen molar-refractivity contribution in [3.8, 4) is 0 Å². The van der Waals surface area contributed by atoms with Crippen LogP contribution in [0.5, 0.6) is 0 Å². The lowest BCUT2D eigenvalue weighted by molar-refractivity contribution is 0.119. The Balaban J connectivity index is 2.05. The standard InChI is InChI=1S/C15H23NO/c1-12(17-2)10-13-6-5-7-14(11-13)15-8-3-4-9-16-15/h5-7,11-12,15-16H,3-4,8-10H2,1-2H3. The zero-order valence-electron chi connectivity index (χ0n) is 10.9. The third-order valence-electron chi connectivity index (χ3n) is 3.59. The average molecular weight is 233 g/mol. The minimum absolute atomic E-state index is 0.296. The van der Waals surface area contributed by atoms with E-state index in [1.165, 1.54) is 30.4 Å². The van der Waals surface area contributed by atoms with Gasteiger partial charge in [0.15, 0.2) is 0 Å². The van der Waals surface area contributed by atoms with E-state index in [2.05, 4.69) is 36.5 Å². The van der Waals surface area contributed by atoms with Gasteiger partial charge < -0.3 is 10.1 Å². The molecule has 2 unspecified atom stereocenters. The molecule has 0 radical (unpaired) electrons. The van der Waals surface area contributed by atoms with Gasteiger partial charge in [0.25, 0.3) is 0 Å². The Kier molecular flexibility index (Phi) is 4.57. The average Bonchev–Trinajstić information content (AvgIpc) is 2.40. The lowest BCUT2D eigenvalue weighted by Gasteiger charge is -2.24. The fraction of sp³-hybridized carbons (Fsp3) is 0.600. The van der Waals surface area contributed by atoms with E-state index >= 15 is 0 Å². The van der Waals surface area contributed by atoms with Crippen LogP contribution in [0.15, 0.2) is 24.3 Å². The van der Waals surface area contributed by atoms with E-state index in [4.69, 9.17) is 4.74 Å². The fourth-order valence-electron chi connectivity index (χ4n) is 2.49. The predicted molar refractivity (Wildman–Crippen MR) is 71.2 cm³/mol. The summed E-state index contributed by atoms with van der Waals surface area (Å²) in [6, 6.07) is 9.50. The highest BCUT2D eigenvalue weighted by molar-refractivity contribution is 5.26. The van der Waals surface area contributed by atoms with E-state index in [0.29, 0.717) is 12.1 Å². The van der Waals surface area contributed by atoms with Crippen molar-refractivity contribution >= 4 is 0 Å². The fourth-order valence-corrected chi connectivity index (χ4v) is 2.49. The summed E-state index contributed by atoms with van der Waals surface area (Å²) in [5.74, 6) is 0. The van der Waals surface area contributed by atoms with Gasteiger partial charge in [0, 0.05) is 13.2 Å². The molecule has 1 aromatic carbocycles. The normalized spacial score (nSPS) is 22.4. The Morgan fingerprint density at radius 1 is 1.41 bits per heavy atom. The molecule has 1 heterocycles. The highest BCUT2D eigenvalue weighted by Crippen LogP contribution is 2.23. The first-order chi connectivity index (χ1) is 8.29. The molecule has 0 aliphatic carbocycles. The minimum Gasteiger partial charge on any atom is -0.381 e. The second-order valence-electron chi connectivity index (χ2n) is 5.00. The number of piperidine rings is 1. The van der Waals surface area contributed by atoms with Crippen LogP contribution >= 0.6 is 0 Å². The molecule has 94 valence electrons. The van der Waals surface area contributed by atoms with Crippen LogP contribution in [-0.4, -0.2) is 19.8 Å². The summed E-state index contributed by atoms with van der Waals surface area (Å²) in [5, 5.41) is 3.60. The summed E-state index contributed by atoms with van der Waals surface area (Å²) in [6.45, 7) is 3.27. The molecular weight excluding hydrogens is 210 g/mol. The Morgan fingerprint density at radius 3 is 3.00 bits per heavy atom. The summed E-state index contributed by atoms with van der Waals surface area (Å²) in [7, 11) is 1.78. The van der Waals surface area contributed by atoms with Crippen molar-refractivity contribution in [2.45, 2.75) is 44.8 Å². The number of benzene rings is 1. The molecule has 0 saturated carbocycles. The van der Waals surface area contributed by atoms with Crippen LogP contribution < -0.4 is 5.32 Å². The number of hydrogen-bond donors (Lipinski definition) is 1. The number of rotatable bonds is 4. The second kappa shape index (κ2) is 6.18. The summed E-state index contributed by atoms with van der Waals surface area (Å²) in [5.41, 5.74) is 2.81. The van der Waals surface area contributed by atoms with Crippen molar-refractivity contribution in [3.05, 3.63) is 35.4 Å². The molecule has 1 saturated heterocycles. The van der Waals surface area contributed by atoms with Gasteiger partial charge in [-0.25, -0.2) is 0 Å². The molecule has 2 heteroatoms. The van der Waals surface area contributed by atoms with Crippen LogP contribution in [0, 0.1) is 0 Å². The molecule has 1 aliphatic heterocycles. The number of ether oxygens (including phenoxy) is 1. The van der Waals surface area contributed by atoms with Crippen molar-refractivity contribution < 1.29 is 4.74 Å². The maximum absolute atomic E-state index is 5.32. The lowest BCUT2D eigenvalue weighted by Crippen LogP contribution is -2.26. The Morgan fingerprint density at radius 2 is 2.29 bits per heavy atom. The molecule has 0 bridgehead atoms. The smallest absolute Gasteiger partial charge is 0.0583 e. The summed E-state index contributed by atoms with van der Waals surface area (Å²) in [4.78, 5) is 0. The van der Waals surface area contributed by atoms with Crippen LogP contribution in [0.1, 0.15) is 43.4 Å². The quantitative estimate of drug-likeness (QED) is 0.863. The van der Waals surface area contributed by atoms with Gasteiger partial charge >= 0.3 is 0 Å². The van der Waals surface area contributed by atoms with Crippen LogP contribution in [0.2, 0.25) is 0 Å². The molecule has 0 aromatic heterocycles. The van der Waals surface area contributed by atoms with E-state index in [0.717, 1.165) is 13.0 Å². The summed E-state index contributed by atoms with van der Waals surface area (Å²) >= 11 is 0. The number of nitrogens with one attached hydrogen (secondary N) is 1. The van der Waals surface area contributed by atoms with Crippen molar-refractivity contribution in [1.29, 1.82) is 0 Å². The van der Waals surface area contributed by atoms with Gasteiger partial charge in [-0.3, -0.25) is 0 Å². The second-order valence-corrected chi connectivity index (χ2v) is 5.00. The van der Waals surface area contributed by atoms with Crippen LogP contribution in [0.25, 0.3) is 0 Å². The Bertz CT molecular complexity index is 345. The van der Waals surface area contributed by atoms with E-state index < -0.39 is 0 Å². The molecule has 1 aliphatic rings.